The molecule has 2 aromatic rings. The number of aryl methyl sites for hydroxylation is 1. The Hall–Kier alpha value is -1.63. The molecule has 0 spiro atoms. The Labute approximate surface area is 102 Å². The first kappa shape index (κ1) is 11.8. The zero-order chi connectivity index (χ0) is 12.3. The van der Waals surface area contributed by atoms with E-state index < -0.39 is 0 Å². The van der Waals surface area contributed by atoms with Gasteiger partial charge in [0.05, 0.1) is 0 Å². The number of fused-ring (bicyclic) bond motifs is 1. The van der Waals surface area contributed by atoms with E-state index in [4.69, 9.17) is 0 Å². The molecule has 0 bridgehead atoms. The van der Waals surface area contributed by atoms with Gasteiger partial charge in [0.15, 0.2) is 5.78 Å². The van der Waals surface area contributed by atoms with E-state index in [1.54, 1.807) is 6.92 Å². The highest BCUT2D eigenvalue weighted by Crippen LogP contribution is 2.24. The van der Waals surface area contributed by atoms with Crippen molar-refractivity contribution < 1.29 is 4.79 Å². The number of rotatable bonds is 4. The minimum atomic E-state index is 0.152. The van der Waals surface area contributed by atoms with Crippen LogP contribution in [0.5, 0.6) is 0 Å². The Bertz CT molecular complexity index is 535. The molecule has 0 aliphatic heterocycles. The molecule has 88 valence electrons. The SMILES string of the molecule is CCCCc1cccc2cccc(C(C)=O)c12. The van der Waals surface area contributed by atoms with Crippen molar-refractivity contribution in [1.29, 1.82) is 0 Å². The van der Waals surface area contributed by atoms with Crippen molar-refractivity contribution >= 4 is 16.6 Å². The summed E-state index contributed by atoms with van der Waals surface area (Å²) in [5, 5.41) is 2.32. The molecule has 2 rings (SSSR count). The molecule has 2 aromatic carbocycles. The summed E-state index contributed by atoms with van der Waals surface area (Å²) in [5.41, 5.74) is 2.16. The van der Waals surface area contributed by atoms with E-state index in [0.717, 1.165) is 17.4 Å². The first-order valence-corrected chi connectivity index (χ1v) is 6.25. The highest BCUT2D eigenvalue weighted by atomic mass is 16.1. The number of hydrogen-bond donors (Lipinski definition) is 0. The van der Waals surface area contributed by atoms with Crippen LogP contribution in [0.15, 0.2) is 36.4 Å². The molecule has 0 N–H and O–H groups in total. The minimum absolute atomic E-state index is 0.152. The van der Waals surface area contributed by atoms with Crippen molar-refractivity contribution in [2.24, 2.45) is 0 Å². The topological polar surface area (TPSA) is 17.1 Å². The van der Waals surface area contributed by atoms with E-state index in [1.165, 1.54) is 23.8 Å². The van der Waals surface area contributed by atoms with Crippen LogP contribution in [0.3, 0.4) is 0 Å². The van der Waals surface area contributed by atoms with Crippen LogP contribution in [0, 0.1) is 0 Å². The first-order chi connectivity index (χ1) is 8.24. The number of carbonyl (C=O) groups excluding carboxylic acids is 1. The third kappa shape index (κ3) is 2.38. The molecule has 0 heterocycles. The molecule has 0 saturated carbocycles. The molecule has 0 aliphatic rings. The Morgan fingerprint density at radius 1 is 1.12 bits per heavy atom. The highest BCUT2D eigenvalue weighted by Gasteiger charge is 2.08. The number of benzene rings is 2. The lowest BCUT2D eigenvalue weighted by Gasteiger charge is -2.09. The monoisotopic (exact) mass is 226 g/mol. The molecular formula is C16H18O. The largest absolute Gasteiger partial charge is 0.294 e. The second-order valence-corrected chi connectivity index (χ2v) is 4.48. The van der Waals surface area contributed by atoms with Gasteiger partial charge >= 0.3 is 0 Å². The Morgan fingerprint density at radius 3 is 2.47 bits per heavy atom. The van der Waals surface area contributed by atoms with Crippen LogP contribution in [-0.2, 0) is 6.42 Å². The average Bonchev–Trinajstić information content (AvgIpc) is 2.35. The second-order valence-electron chi connectivity index (χ2n) is 4.48. The molecule has 0 radical (unpaired) electrons. The lowest BCUT2D eigenvalue weighted by atomic mass is 9.94. The van der Waals surface area contributed by atoms with Crippen molar-refractivity contribution in [3.8, 4) is 0 Å². The molecule has 0 aromatic heterocycles. The van der Waals surface area contributed by atoms with Gasteiger partial charge in [-0.25, -0.2) is 0 Å². The fourth-order valence-corrected chi connectivity index (χ4v) is 2.29. The summed E-state index contributed by atoms with van der Waals surface area (Å²) in [5.74, 6) is 0.152. The van der Waals surface area contributed by atoms with Gasteiger partial charge in [0.1, 0.15) is 0 Å². The van der Waals surface area contributed by atoms with E-state index in [2.05, 4.69) is 31.2 Å². The van der Waals surface area contributed by atoms with Gasteiger partial charge in [-0.05, 0) is 36.1 Å². The summed E-state index contributed by atoms with van der Waals surface area (Å²) in [6.07, 6.45) is 3.40. The number of hydrogen-bond acceptors (Lipinski definition) is 1. The lowest BCUT2D eigenvalue weighted by Crippen LogP contribution is -1.97. The van der Waals surface area contributed by atoms with Crippen LogP contribution in [0.25, 0.3) is 10.8 Å². The predicted octanol–water partition coefficient (Wildman–Crippen LogP) is 4.39. The fourth-order valence-electron chi connectivity index (χ4n) is 2.29. The van der Waals surface area contributed by atoms with Crippen molar-refractivity contribution in [1.82, 2.24) is 0 Å². The molecule has 0 fully saturated rings. The molecule has 0 unspecified atom stereocenters. The van der Waals surface area contributed by atoms with Gasteiger partial charge in [-0.1, -0.05) is 49.7 Å². The predicted molar refractivity (Wildman–Crippen MR) is 72.6 cm³/mol. The van der Waals surface area contributed by atoms with Crippen LogP contribution in [0.4, 0.5) is 0 Å². The maximum Gasteiger partial charge on any atom is 0.160 e. The summed E-state index contributed by atoms with van der Waals surface area (Å²) in [6.45, 7) is 3.84. The summed E-state index contributed by atoms with van der Waals surface area (Å²) in [7, 11) is 0. The third-order valence-corrected chi connectivity index (χ3v) is 3.17. The first-order valence-electron chi connectivity index (χ1n) is 6.25. The number of ketones is 1. The van der Waals surface area contributed by atoms with Crippen LogP contribution in [0.1, 0.15) is 42.6 Å². The van der Waals surface area contributed by atoms with Crippen molar-refractivity contribution in [3.05, 3.63) is 47.5 Å². The van der Waals surface area contributed by atoms with Crippen LogP contribution >= 0.6 is 0 Å². The molecule has 1 heteroatoms. The summed E-state index contributed by atoms with van der Waals surface area (Å²) in [6, 6.07) is 12.3. The minimum Gasteiger partial charge on any atom is -0.294 e. The summed E-state index contributed by atoms with van der Waals surface area (Å²) < 4.78 is 0. The summed E-state index contributed by atoms with van der Waals surface area (Å²) >= 11 is 0. The number of unbranched alkanes of at least 4 members (excludes halogenated alkanes) is 1. The van der Waals surface area contributed by atoms with Crippen LogP contribution < -0.4 is 0 Å². The summed E-state index contributed by atoms with van der Waals surface area (Å²) in [4.78, 5) is 11.7. The number of carbonyl (C=O) groups is 1. The van der Waals surface area contributed by atoms with Gasteiger partial charge in [-0.2, -0.15) is 0 Å². The Morgan fingerprint density at radius 2 is 1.82 bits per heavy atom. The zero-order valence-electron chi connectivity index (χ0n) is 10.5. The van der Waals surface area contributed by atoms with Gasteiger partial charge in [-0.15, -0.1) is 0 Å². The molecule has 0 saturated heterocycles. The van der Waals surface area contributed by atoms with Gasteiger partial charge in [0.25, 0.3) is 0 Å². The molecule has 17 heavy (non-hydrogen) atoms. The van der Waals surface area contributed by atoms with Gasteiger partial charge in [0, 0.05) is 5.56 Å². The molecular weight excluding hydrogens is 208 g/mol. The Balaban J connectivity index is 2.62. The molecule has 0 aliphatic carbocycles. The quantitative estimate of drug-likeness (QED) is 0.707. The smallest absolute Gasteiger partial charge is 0.160 e. The van der Waals surface area contributed by atoms with E-state index in [-0.39, 0.29) is 5.78 Å². The average molecular weight is 226 g/mol. The molecule has 1 nitrogen and oxygen atoms in total. The highest BCUT2D eigenvalue weighted by molar-refractivity contribution is 6.08. The van der Waals surface area contributed by atoms with Crippen molar-refractivity contribution in [2.75, 3.05) is 0 Å². The van der Waals surface area contributed by atoms with Crippen molar-refractivity contribution in [2.45, 2.75) is 33.1 Å². The van der Waals surface area contributed by atoms with Gasteiger partial charge in [0.2, 0.25) is 0 Å². The van der Waals surface area contributed by atoms with E-state index >= 15 is 0 Å². The molecule has 0 atom stereocenters. The van der Waals surface area contributed by atoms with Crippen LogP contribution in [0.2, 0.25) is 0 Å². The second kappa shape index (κ2) is 5.13. The molecule has 0 amide bonds. The lowest BCUT2D eigenvalue weighted by molar-refractivity contribution is 0.101. The number of Topliss-reactive ketones (excluding diaryl/α,β-unsaturated/α-hetero) is 1. The fraction of sp³-hybridized carbons (Fsp3) is 0.312. The van der Waals surface area contributed by atoms with E-state index in [1.807, 2.05) is 12.1 Å². The van der Waals surface area contributed by atoms with E-state index in [0.29, 0.717) is 0 Å². The maximum absolute atomic E-state index is 11.7. The van der Waals surface area contributed by atoms with Crippen molar-refractivity contribution in [3.63, 3.8) is 0 Å². The zero-order valence-corrected chi connectivity index (χ0v) is 10.5. The normalized spacial score (nSPS) is 10.7. The van der Waals surface area contributed by atoms with Gasteiger partial charge in [-0.3, -0.25) is 4.79 Å². The maximum atomic E-state index is 11.7. The third-order valence-electron chi connectivity index (χ3n) is 3.17. The van der Waals surface area contributed by atoms with Gasteiger partial charge < -0.3 is 0 Å². The Kier molecular flexibility index (Phi) is 3.58. The van der Waals surface area contributed by atoms with Crippen LogP contribution in [-0.4, -0.2) is 5.78 Å². The van der Waals surface area contributed by atoms with E-state index in [9.17, 15) is 4.79 Å². The standard InChI is InChI=1S/C16H18O/c1-3-4-7-13-8-5-9-14-10-6-11-15(12(2)17)16(13)14/h5-6,8-11H,3-4,7H2,1-2H3.